The summed E-state index contributed by atoms with van der Waals surface area (Å²) in [6, 6.07) is 0.161. The molecule has 1 aliphatic rings. The van der Waals surface area contributed by atoms with E-state index in [1.165, 1.54) is 0 Å². The van der Waals surface area contributed by atoms with Crippen molar-refractivity contribution >= 4 is 0 Å². The van der Waals surface area contributed by atoms with Crippen LogP contribution in [0.5, 0.6) is 0 Å². The van der Waals surface area contributed by atoms with Crippen LogP contribution in [0.1, 0.15) is 27.2 Å². The van der Waals surface area contributed by atoms with Gasteiger partial charge in [-0.2, -0.15) is 0 Å². The highest BCUT2D eigenvalue weighted by molar-refractivity contribution is 4.86. The molecule has 0 bridgehead atoms. The average Bonchev–Trinajstić information content (AvgIpc) is 2.27. The zero-order valence-corrected chi connectivity index (χ0v) is 8.82. The van der Waals surface area contributed by atoms with Crippen molar-refractivity contribution in [3.8, 4) is 0 Å². The van der Waals surface area contributed by atoms with Crippen LogP contribution in [0.2, 0.25) is 0 Å². The van der Waals surface area contributed by atoms with Crippen molar-refractivity contribution in [2.75, 3.05) is 19.7 Å². The Morgan fingerprint density at radius 2 is 2.00 bits per heavy atom. The molecule has 3 nitrogen and oxygen atoms in total. The lowest BCUT2D eigenvalue weighted by atomic mass is 9.96. The van der Waals surface area contributed by atoms with Crippen molar-refractivity contribution in [1.82, 2.24) is 4.90 Å². The SMILES string of the molecule is CC(C)(C)CN1C[C@H](O)C[C@H]1CO. The highest BCUT2D eigenvalue weighted by atomic mass is 16.3. The number of likely N-dealkylation sites (tertiary alicyclic amines) is 1. The third-order valence-corrected chi connectivity index (χ3v) is 2.39. The normalized spacial score (nSPS) is 31.2. The number of hydrogen-bond donors (Lipinski definition) is 2. The molecule has 1 saturated heterocycles. The Bertz CT molecular complexity index is 165. The van der Waals surface area contributed by atoms with E-state index in [0.717, 1.165) is 6.54 Å². The lowest BCUT2D eigenvalue weighted by molar-refractivity contribution is 0.119. The first kappa shape index (κ1) is 11.0. The van der Waals surface area contributed by atoms with E-state index in [-0.39, 0.29) is 24.2 Å². The molecule has 3 heteroatoms. The summed E-state index contributed by atoms with van der Waals surface area (Å²) in [6.45, 7) is 8.33. The molecular formula is C10H21NO2. The van der Waals surface area contributed by atoms with Crippen molar-refractivity contribution in [2.45, 2.75) is 39.3 Å². The van der Waals surface area contributed by atoms with E-state index < -0.39 is 0 Å². The van der Waals surface area contributed by atoms with E-state index >= 15 is 0 Å². The molecule has 0 radical (unpaired) electrons. The first-order valence-electron chi connectivity index (χ1n) is 4.95. The molecule has 0 aliphatic carbocycles. The maximum atomic E-state index is 9.45. The van der Waals surface area contributed by atoms with Gasteiger partial charge in [-0.25, -0.2) is 0 Å². The molecule has 1 heterocycles. The Kier molecular flexibility index (Phi) is 3.33. The Balaban J connectivity index is 2.49. The molecule has 0 saturated carbocycles. The zero-order valence-electron chi connectivity index (χ0n) is 8.82. The van der Waals surface area contributed by atoms with Gasteiger partial charge in [0.2, 0.25) is 0 Å². The van der Waals surface area contributed by atoms with Gasteiger partial charge in [0.15, 0.2) is 0 Å². The van der Waals surface area contributed by atoms with E-state index in [0.29, 0.717) is 13.0 Å². The first-order valence-corrected chi connectivity index (χ1v) is 4.95. The number of rotatable bonds is 2. The summed E-state index contributed by atoms with van der Waals surface area (Å²) in [5, 5.41) is 18.5. The van der Waals surface area contributed by atoms with E-state index in [1.54, 1.807) is 0 Å². The van der Waals surface area contributed by atoms with Crippen molar-refractivity contribution in [2.24, 2.45) is 5.41 Å². The minimum Gasteiger partial charge on any atom is -0.395 e. The van der Waals surface area contributed by atoms with Crippen LogP contribution < -0.4 is 0 Å². The molecule has 2 atom stereocenters. The third kappa shape index (κ3) is 3.25. The van der Waals surface area contributed by atoms with Crippen LogP contribution in [-0.4, -0.2) is 47.0 Å². The molecular weight excluding hydrogens is 166 g/mol. The lowest BCUT2D eigenvalue weighted by Crippen LogP contribution is -2.38. The van der Waals surface area contributed by atoms with Crippen LogP contribution in [0.4, 0.5) is 0 Å². The lowest BCUT2D eigenvalue weighted by Gasteiger charge is -2.30. The van der Waals surface area contributed by atoms with Gasteiger partial charge in [0.05, 0.1) is 12.7 Å². The summed E-state index contributed by atoms with van der Waals surface area (Å²) in [5.74, 6) is 0. The monoisotopic (exact) mass is 187 g/mol. The van der Waals surface area contributed by atoms with Crippen molar-refractivity contribution in [1.29, 1.82) is 0 Å². The van der Waals surface area contributed by atoms with Crippen LogP contribution >= 0.6 is 0 Å². The zero-order chi connectivity index (χ0) is 10.1. The maximum Gasteiger partial charge on any atom is 0.0683 e. The van der Waals surface area contributed by atoms with E-state index in [2.05, 4.69) is 25.7 Å². The van der Waals surface area contributed by atoms with Crippen LogP contribution in [0, 0.1) is 5.41 Å². The second kappa shape index (κ2) is 3.95. The van der Waals surface area contributed by atoms with Gasteiger partial charge in [-0.05, 0) is 11.8 Å². The molecule has 1 rings (SSSR count). The molecule has 1 fully saturated rings. The van der Waals surface area contributed by atoms with Crippen molar-refractivity contribution in [3.63, 3.8) is 0 Å². The molecule has 0 aromatic heterocycles. The van der Waals surface area contributed by atoms with Gasteiger partial charge in [0.1, 0.15) is 0 Å². The summed E-state index contributed by atoms with van der Waals surface area (Å²) < 4.78 is 0. The van der Waals surface area contributed by atoms with Gasteiger partial charge in [0.25, 0.3) is 0 Å². The predicted molar refractivity (Wildman–Crippen MR) is 52.5 cm³/mol. The summed E-state index contributed by atoms with van der Waals surface area (Å²) in [6.07, 6.45) is 0.464. The smallest absolute Gasteiger partial charge is 0.0683 e. The number of β-amino-alcohol motifs (C(OH)–C–C–N with tert-alkyl or cyclic N) is 1. The fourth-order valence-corrected chi connectivity index (χ4v) is 1.95. The van der Waals surface area contributed by atoms with E-state index in [9.17, 15) is 5.11 Å². The molecule has 13 heavy (non-hydrogen) atoms. The van der Waals surface area contributed by atoms with Gasteiger partial charge in [0, 0.05) is 19.1 Å². The molecule has 0 aromatic carbocycles. The second-order valence-electron chi connectivity index (χ2n) is 5.22. The molecule has 0 aromatic rings. The summed E-state index contributed by atoms with van der Waals surface area (Å²) in [4.78, 5) is 2.19. The van der Waals surface area contributed by atoms with Gasteiger partial charge in [-0.3, -0.25) is 4.90 Å². The Labute approximate surface area is 80.4 Å². The summed E-state index contributed by atoms with van der Waals surface area (Å²) >= 11 is 0. The Morgan fingerprint density at radius 3 is 2.46 bits per heavy atom. The van der Waals surface area contributed by atoms with E-state index in [4.69, 9.17) is 5.11 Å². The molecule has 2 N–H and O–H groups in total. The van der Waals surface area contributed by atoms with E-state index in [1.807, 2.05) is 0 Å². The summed E-state index contributed by atoms with van der Waals surface area (Å²) in [7, 11) is 0. The first-order chi connectivity index (χ1) is 5.92. The van der Waals surface area contributed by atoms with Crippen LogP contribution in [0.25, 0.3) is 0 Å². The molecule has 0 amide bonds. The number of nitrogens with zero attached hydrogens (tertiary/aromatic N) is 1. The number of hydrogen-bond acceptors (Lipinski definition) is 3. The highest BCUT2D eigenvalue weighted by Crippen LogP contribution is 2.23. The molecule has 0 unspecified atom stereocenters. The maximum absolute atomic E-state index is 9.45. The molecule has 1 aliphatic heterocycles. The standard InChI is InChI=1S/C10H21NO2/c1-10(2,3)7-11-5-9(13)4-8(11)6-12/h8-9,12-13H,4-7H2,1-3H3/t8-,9+/m0/s1. The number of aliphatic hydroxyl groups is 2. The third-order valence-electron chi connectivity index (χ3n) is 2.39. The Morgan fingerprint density at radius 1 is 1.38 bits per heavy atom. The average molecular weight is 187 g/mol. The van der Waals surface area contributed by atoms with Gasteiger partial charge in [-0.1, -0.05) is 20.8 Å². The van der Waals surface area contributed by atoms with Gasteiger partial charge in [-0.15, -0.1) is 0 Å². The minimum atomic E-state index is -0.250. The van der Waals surface area contributed by atoms with Crippen molar-refractivity contribution in [3.05, 3.63) is 0 Å². The Hall–Kier alpha value is -0.120. The van der Waals surface area contributed by atoms with Crippen LogP contribution in [0.3, 0.4) is 0 Å². The fourth-order valence-electron chi connectivity index (χ4n) is 1.95. The highest BCUT2D eigenvalue weighted by Gasteiger charge is 2.32. The largest absolute Gasteiger partial charge is 0.395 e. The fraction of sp³-hybridized carbons (Fsp3) is 1.00. The number of aliphatic hydroxyl groups excluding tert-OH is 2. The topological polar surface area (TPSA) is 43.7 Å². The minimum absolute atomic E-state index is 0.160. The predicted octanol–water partition coefficient (Wildman–Crippen LogP) is 0.460. The van der Waals surface area contributed by atoms with Crippen molar-refractivity contribution < 1.29 is 10.2 Å². The summed E-state index contributed by atoms with van der Waals surface area (Å²) in [5.41, 5.74) is 0.234. The van der Waals surface area contributed by atoms with Crippen LogP contribution in [-0.2, 0) is 0 Å². The van der Waals surface area contributed by atoms with Crippen LogP contribution in [0.15, 0.2) is 0 Å². The second-order valence-corrected chi connectivity index (χ2v) is 5.22. The molecule has 0 spiro atoms. The molecule has 78 valence electrons. The van der Waals surface area contributed by atoms with Gasteiger partial charge < -0.3 is 10.2 Å². The quantitative estimate of drug-likeness (QED) is 0.660. The van der Waals surface area contributed by atoms with Gasteiger partial charge >= 0.3 is 0 Å².